The van der Waals surface area contributed by atoms with Gasteiger partial charge in [0, 0.05) is 30.1 Å². The zero-order chi connectivity index (χ0) is 23.6. The first kappa shape index (κ1) is 23.4. The van der Waals surface area contributed by atoms with Crippen LogP contribution in [0.5, 0.6) is 5.75 Å². The molecule has 0 aliphatic carbocycles. The summed E-state index contributed by atoms with van der Waals surface area (Å²) in [7, 11) is -2.36. The van der Waals surface area contributed by atoms with Crippen LogP contribution in [0.25, 0.3) is 10.9 Å². The zero-order valence-electron chi connectivity index (χ0n) is 17.6. The van der Waals surface area contributed by atoms with E-state index in [2.05, 4.69) is 4.98 Å². The van der Waals surface area contributed by atoms with Crippen molar-refractivity contribution in [1.29, 1.82) is 0 Å². The van der Waals surface area contributed by atoms with Gasteiger partial charge in [0.1, 0.15) is 23.3 Å². The molecule has 3 aromatic rings. The summed E-state index contributed by atoms with van der Waals surface area (Å²) in [5.74, 6) is -1.29. The van der Waals surface area contributed by atoms with Gasteiger partial charge in [0.15, 0.2) is 0 Å². The Bertz CT molecular complexity index is 1310. The number of hydrogen-bond acceptors (Lipinski definition) is 7. The van der Waals surface area contributed by atoms with Crippen molar-refractivity contribution in [2.45, 2.75) is 11.5 Å². The maximum absolute atomic E-state index is 14.4. The summed E-state index contributed by atoms with van der Waals surface area (Å²) in [5.41, 5.74) is 0.528. The van der Waals surface area contributed by atoms with Gasteiger partial charge in [-0.2, -0.15) is 4.31 Å². The number of benzene rings is 2. The summed E-state index contributed by atoms with van der Waals surface area (Å²) in [6.07, 6.45) is 0. The quantitative estimate of drug-likeness (QED) is 0.383. The molecule has 11 heteroatoms. The molecule has 0 saturated carbocycles. The number of sulfonamides is 1. The average Bonchev–Trinajstić information content (AvgIpc) is 2.82. The summed E-state index contributed by atoms with van der Waals surface area (Å²) in [5, 5.41) is 0.865. The molecular weight excluding hydrogens is 475 g/mol. The van der Waals surface area contributed by atoms with Gasteiger partial charge in [-0.15, -0.1) is 0 Å². The Kier molecular flexibility index (Phi) is 6.80. The fourth-order valence-corrected chi connectivity index (χ4v) is 5.01. The van der Waals surface area contributed by atoms with Crippen molar-refractivity contribution in [1.82, 2.24) is 9.29 Å². The molecule has 1 saturated heterocycles. The predicted molar refractivity (Wildman–Crippen MR) is 118 cm³/mol. The van der Waals surface area contributed by atoms with E-state index in [0.717, 1.165) is 23.6 Å². The number of carbonyl (C=O) groups excluding carboxylic acids is 1. The second-order valence-electron chi connectivity index (χ2n) is 7.23. The number of esters is 1. The number of pyridine rings is 1. The van der Waals surface area contributed by atoms with Crippen molar-refractivity contribution < 1.29 is 31.8 Å². The van der Waals surface area contributed by atoms with Gasteiger partial charge in [0.25, 0.3) is 0 Å². The molecule has 0 amide bonds. The smallest absolute Gasteiger partial charge is 0.341 e. The Labute approximate surface area is 194 Å². The van der Waals surface area contributed by atoms with Crippen molar-refractivity contribution in [2.24, 2.45) is 0 Å². The Morgan fingerprint density at radius 3 is 2.67 bits per heavy atom. The summed E-state index contributed by atoms with van der Waals surface area (Å²) < 4.78 is 56.8. The van der Waals surface area contributed by atoms with Crippen LogP contribution in [-0.4, -0.2) is 57.1 Å². The molecule has 0 spiro atoms. The number of carbonyl (C=O) groups is 1. The van der Waals surface area contributed by atoms with Gasteiger partial charge < -0.3 is 14.2 Å². The fraction of sp³-hybridized carbons (Fsp3) is 0.273. The third-order valence-electron chi connectivity index (χ3n) is 5.18. The SMILES string of the molecule is COc1ccc2cc(COC(=O)c3cc(S(=O)(=O)N4CCOCC4)ccc3F)c(Cl)nc2c1. The summed E-state index contributed by atoms with van der Waals surface area (Å²) in [6, 6.07) is 9.98. The van der Waals surface area contributed by atoms with E-state index in [0.29, 0.717) is 16.8 Å². The molecular formula is C22H20ClFN2O6S. The van der Waals surface area contributed by atoms with Crippen molar-refractivity contribution in [2.75, 3.05) is 33.4 Å². The van der Waals surface area contributed by atoms with Gasteiger partial charge in [-0.05, 0) is 36.4 Å². The lowest BCUT2D eigenvalue weighted by molar-refractivity contribution is 0.0467. The number of aromatic nitrogens is 1. The predicted octanol–water partition coefficient (Wildman–Crippen LogP) is 3.41. The summed E-state index contributed by atoms with van der Waals surface area (Å²) in [4.78, 5) is 16.7. The van der Waals surface area contributed by atoms with Gasteiger partial charge in [-0.25, -0.2) is 22.6 Å². The van der Waals surface area contributed by atoms with Crippen LogP contribution < -0.4 is 4.74 Å². The van der Waals surface area contributed by atoms with E-state index < -0.39 is 27.4 Å². The monoisotopic (exact) mass is 494 g/mol. The van der Waals surface area contributed by atoms with Gasteiger partial charge in [0.05, 0.1) is 36.3 Å². The van der Waals surface area contributed by atoms with Gasteiger partial charge in [-0.3, -0.25) is 0 Å². The van der Waals surface area contributed by atoms with Gasteiger partial charge in [0.2, 0.25) is 10.0 Å². The van der Waals surface area contributed by atoms with E-state index in [1.807, 2.05) is 0 Å². The third-order valence-corrected chi connectivity index (χ3v) is 7.40. The minimum Gasteiger partial charge on any atom is -0.497 e. The number of rotatable bonds is 6. The highest BCUT2D eigenvalue weighted by Crippen LogP contribution is 2.26. The molecule has 33 heavy (non-hydrogen) atoms. The van der Waals surface area contributed by atoms with Gasteiger partial charge in [-0.1, -0.05) is 11.6 Å². The first-order chi connectivity index (χ1) is 15.8. The van der Waals surface area contributed by atoms with E-state index in [1.54, 1.807) is 24.3 Å². The minimum atomic E-state index is -3.90. The highest BCUT2D eigenvalue weighted by Gasteiger charge is 2.28. The maximum atomic E-state index is 14.4. The number of fused-ring (bicyclic) bond motifs is 1. The summed E-state index contributed by atoms with van der Waals surface area (Å²) >= 11 is 6.22. The Morgan fingerprint density at radius 1 is 1.18 bits per heavy atom. The summed E-state index contributed by atoms with van der Waals surface area (Å²) in [6.45, 7) is 0.621. The second kappa shape index (κ2) is 9.60. The van der Waals surface area contributed by atoms with E-state index in [1.165, 1.54) is 11.4 Å². The molecule has 1 fully saturated rings. The highest BCUT2D eigenvalue weighted by atomic mass is 35.5. The molecule has 174 valence electrons. The largest absolute Gasteiger partial charge is 0.497 e. The van der Waals surface area contributed by atoms with Crippen LogP contribution in [0.1, 0.15) is 15.9 Å². The van der Waals surface area contributed by atoms with Crippen molar-refractivity contribution >= 4 is 38.5 Å². The molecule has 1 aromatic heterocycles. The minimum absolute atomic E-state index is 0.118. The number of ether oxygens (including phenoxy) is 3. The standard InChI is InChI=1S/C22H20ClFN2O6S/c1-30-16-3-2-14-10-15(21(23)25-20(14)11-16)13-32-22(27)18-12-17(4-5-19(18)24)33(28,29)26-6-8-31-9-7-26/h2-5,10-12H,6-9,13H2,1H3. The molecule has 0 radical (unpaired) electrons. The van der Waals surface area contributed by atoms with Gasteiger partial charge >= 0.3 is 5.97 Å². The average molecular weight is 495 g/mol. The molecule has 4 rings (SSSR count). The topological polar surface area (TPSA) is 95.0 Å². The second-order valence-corrected chi connectivity index (χ2v) is 9.53. The fourth-order valence-electron chi connectivity index (χ4n) is 3.37. The van der Waals surface area contributed by atoms with E-state index >= 15 is 0 Å². The third kappa shape index (κ3) is 4.93. The van der Waals surface area contributed by atoms with Crippen LogP contribution in [0.2, 0.25) is 5.15 Å². The zero-order valence-corrected chi connectivity index (χ0v) is 19.2. The Hall–Kier alpha value is -2.79. The number of morpholine rings is 1. The number of methoxy groups -OCH3 is 1. The molecule has 8 nitrogen and oxygen atoms in total. The molecule has 1 aliphatic heterocycles. The van der Waals surface area contributed by atoms with Crippen LogP contribution in [0.4, 0.5) is 4.39 Å². The molecule has 0 N–H and O–H groups in total. The van der Waals surface area contributed by atoms with Crippen molar-refractivity contribution in [3.05, 3.63) is 64.6 Å². The lowest BCUT2D eigenvalue weighted by atomic mass is 10.1. The van der Waals surface area contributed by atoms with Crippen molar-refractivity contribution in [3.63, 3.8) is 0 Å². The van der Waals surface area contributed by atoms with E-state index in [4.69, 9.17) is 25.8 Å². The normalized spacial score (nSPS) is 14.9. The molecule has 0 unspecified atom stereocenters. The van der Waals surface area contributed by atoms with Crippen LogP contribution >= 0.6 is 11.6 Å². The van der Waals surface area contributed by atoms with E-state index in [9.17, 15) is 17.6 Å². The molecule has 1 aliphatic rings. The lowest BCUT2D eigenvalue weighted by Crippen LogP contribution is -2.40. The van der Waals surface area contributed by atoms with Crippen LogP contribution in [0.15, 0.2) is 47.4 Å². The number of halogens is 2. The number of nitrogens with zero attached hydrogens (tertiary/aromatic N) is 2. The lowest BCUT2D eigenvalue weighted by Gasteiger charge is -2.26. The number of hydrogen-bond donors (Lipinski definition) is 0. The first-order valence-electron chi connectivity index (χ1n) is 9.97. The Balaban J connectivity index is 1.54. The molecule has 2 heterocycles. The molecule has 2 aromatic carbocycles. The van der Waals surface area contributed by atoms with E-state index in [-0.39, 0.29) is 43.0 Å². The van der Waals surface area contributed by atoms with Crippen LogP contribution in [0, 0.1) is 5.82 Å². The van der Waals surface area contributed by atoms with Crippen LogP contribution in [0.3, 0.4) is 0 Å². The highest BCUT2D eigenvalue weighted by molar-refractivity contribution is 7.89. The van der Waals surface area contributed by atoms with Crippen molar-refractivity contribution in [3.8, 4) is 5.75 Å². The first-order valence-corrected chi connectivity index (χ1v) is 11.8. The van der Waals surface area contributed by atoms with Crippen LogP contribution in [-0.2, 0) is 26.1 Å². The Morgan fingerprint density at radius 2 is 1.94 bits per heavy atom. The molecule has 0 atom stereocenters. The maximum Gasteiger partial charge on any atom is 0.341 e. The molecule has 0 bridgehead atoms.